The largest absolute Gasteiger partial charge is 0.377 e. The van der Waals surface area contributed by atoms with Gasteiger partial charge in [0.1, 0.15) is 28.7 Å². The van der Waals surface area contributed by atoms with Crippen LogP contribution in [0.15, 0.2) is 46.3 Å². The van der Waals surface area contributed by atoms with Gasteiger partial charge in [-0.15, -0.1) is 11.3 Å². The minimum Gasteiger partial charge on any atom is -0.377 e. The smallest absolute Gasteiger partial charge is 0.158 e. The first-order valence-electron chi connectivity index (χ1n) is 8.61. The molecule has 0 spiro atoms. The summed E-state index contributed by atoms with van der Waals surface area (Å²) in [4.78, 5) is 12.5. The van der Waals surface area contributed by atoms with Gasteiger partial charge in [-0.2, -0.15) is 0 Å². The molecule has 0 amide bonds. The number of anilines is 1. The van der Waals surface area contributed by atoms with Gasteiger partial charge in [-0.1, -0.05) is 35.5 Å². The average molecular weight is 380 g/mol. The van der Waals surface area contributed by atoms with E-state index in [2.05, 4.69) is 32.6 Å². The van der Waals surface area contributed by atoms with Crippen LogP contribution in [0.3, 0.4) is 0 Å². The van der Waals surface area contributed by atoms with Crippen molar-refractivity contribution in [3.8, 4) is 11.1 Å². The van der Waals surface area contributed by atoms with E-state index in [-0.39, 0.29) is 0 Å². The van der Waals surface area contributed by atoms with Gasteiger partial charge in [-0.3, -0.25) is 0 Å². The number of fused-ring (bicyclic) bond motifs is 1. The number of thiophene rings is 1. The molecule has 0 atom stereocenters. The summed E-state index contributed by atoms with van der Waals surface area (Å²) < 4.78 is 10.5. The topological polar surface area (TPSA) is 64.3 Å². The molecule has 4 aromatic rings. The molecule has 7 heteroatoms. The molecule has 3 aromatic heterocycles. The van der Waals surface area contributed by atoms with Crippen LogP contribution in [0.4, 0.5) is 5.82 Å². The third-order valence-electron chi connectivity index (χ3n) is 4.26. The molecular formula is C20H20N4O2S. The Morgan fingerprint density at radius 1 is 1.19 bits per heavy atom. The van der Waals surface area contributed by atoms with Crippen molar-refractivity contribution in [1.82, 2.24) is 15.1 Å². The number of ether oxygens (including phenoxy) is 1. The molecule has 0 aliphatic heterocycles. The van der Waals surface area contributed by atoms with Gasteiger partial charge in [-0.25, -0.2) is 9.97 Å². The van der Waals surface area contributed by atoms with Gasteiger partial charge < -0.3 is 14.2 Å². The molecule has 0 unspecified atom stereocenters. The molecule has 0 saturated heterocycles. The second-order valence-corrected chi connectivity index (χ2v) is 7.24. The van der Waals surface area contributed by atoms with E-state index in [4.69, 9.17) is 14.2 Å². The van der Waals surface area contributed by atoms with Crippen LogP contribution in [-0.4, -0.2) is 29.3 Å². The van der Waals surface area contributed by atoms with Crippen LogP contribution >= 0.6 is 11.3 Å². The standard InChI is InChI=1S/C20H20N4O2S/c1-13-9-15(23-26-13)10-24(2)19-18-16(14-7-5-4-6-8-14)12-27-20(18)22-17(21-19)11-25-3/h4-9,12H,10-11H2,1-3H3. The maximum Gasteiger partial charge on any atom is 0.158 e. The van der Waals surface area contributed by atoms with Crippen LogP contribution < -0.4 is 4.90 Å². The number of benzene rings is 1. The van der Waals surface area contributed by atoms with Crippen LogP contribution in [0, 0.1) is 6.92 Å². The van der Waals surface area contributed by atoms with Gasteiger partial charge in [0.2, 0.25) is 0 Å². The van der Waals surface area contributed by atoms with Crippen molar-refractivity contribution in [2.45, 2.75) is 20.1 Å². The van der Waals surface area contributed by atoms with Crippen LogP contribution in [-0.2, 0) is 17.9 Å². The number of methoxy groups -OCH3 is 1. The van der Waals surface area contributed by atoms with E-state index in [0.717, 1.165) is 38.6 Å². The van der Waals surface area contributed by atoms with Crippen molar-refractivity contribution in [2.24, 2.45) is 0 Å². The SMILES string of the molecule is COCc1nc(N(C)Cc2cc(C)on2)c2c(-c3ccccc3)csc2n1. The summed E-state index contributed by atoms with van der Waals surface area (Å²) in [5.41, 5.74) is 3.16. The van der Waals surface area contributed by atoms with Gasteiger partial charge in [-0.05, 0) is 12.5 Å². The summed E-state index contributed by atoms with van der Waals surface area (Å²) >= 11 is 1.62. The molecule has 0 fully saturated rings. The van der Waals surface area contributed by atoms with Gasteiger partial charge in [0, 0.05) is 31.2 Å². The molecule has 6 nitrogen and oxygen atoms in total. The fourth-order valence-electron chi connectivity index (χ4n) is 3.08. The maximum atomic E-state index is 5.26. The molecule has 27 heavy (non-hydrogen) atoms. The predicted molar refractivity (Wildman–Crippen MR) is 107 cm³/mol. The van der Waals surface area contributed by atoms with Crippen LogP contribution in [0.25, 0.3) is 21.3 Å². The van der Waals surface area contributed by atoms with Crippen molar-refractivity contribution in [1.29, 1.82) is 0 Å². The molecule has 0 bridgehead atoms. The molecule has 1 aromatic carbocycles. The van der Waals surface area contributed by atoms with Crippen molar-refractivity contribution >= 4 is 27.4 Å². The van der Waals surface area contributed by atoms with Crippen LogP contribution in [0.5, 0.6) is 0 Å². The highest BCUT2D eigenvalue weighted by atomic mass is 32.1. The number of hydrogen-bond donors (Lipinski definition) is 0. The molecule has 0 radical (unpaired) electrons. The van der Waals surface area contributed by atoms with E-state index in [0.29, 0.717) is 19.0 Å². The molecule has 0 N–H and O–H groups in total. The summed E-state index contributed by atoms with van der Waals surface area (Å²) in [7, 11) is 3.66. The zero-order valence-corrected chi connectivity index (χ0v) is 16.3. The summed E-state index contributed by atoms with van der Waals surface area (Å²) in [5.74, 6) is 2.34. The first kappa shape index (κ1) is 17.6. The Morgan fingerprint density at radius 2 is 2.00 bits per heavy atom. The van der Waals surface area contributed by atoms with Crippen LogP contribution in [0.2, 0.25) is 0 Å². The highest BCUT2D eigenvalue weighted by Crippen LogP contribution is 2.38. The predicted octanol–water partition coefficient (Wildman–Crippen LogP) is 4.44. The third-order valence-corrected chi connectivity index (χ3v) is 5.13. The maximum absolute atomic E-state index is 5.26. The van der Waals surface area contributed by atoms with Gasteiger partial charge in [0.25, 0.3) is 0 Å². The van der Waals surface area contributed by atoms with Crippen molar-refractivity contribution in [3.63, 3.8) is 0 Å². The molecule has 0 aliphatic carbocycles. The van der Waals surface area contributed by atoms with E-state index in [1.165, 1.54) is 0 Å². The van der Waals surface area contributed by atoms with E-state index in [9.17, 15) is 0 Å². The van der Waals surface area contributed by atoms with Crippen molar-refractivity contribution in [3.05, 3.63) is 59.1 Å². The van der Waals surface area contributed by atoms with Crippen molar-refractivity contribution < 1.29 is 9.26 Å². The Kier molecular flexibility index (Phi) is 4.87. The molecule has 138 valence electrons. The first-order chi connectivity index (χ1) is 13.2. The zero-order chi connectivity index (χ0) is 18.8. The lowest BCUT2D eigenvalue weighted by molar-refractivity contribution is 0.178. The molecule has 4 rings (SSSR count). The number of hydrogen-bond acceptors (Lipinski definition) is 7. The van der Waals surface area contributed by atoms with Crippen molar-refractivity contribution in [2.75, 3.05) is 19.1 Å². The van der Waals surface area contributed by atoms with E-state index < -0.39 is 0 Å². The second kappa shape index (κ2) is 7.46. The lowest BCUT2D eigenvalue weighted by Crippen LogP contribution is -2.19. The number of rotatable bonds is 6. The molecule has 3 heterocycles. The quantitative estimate of drug-likeness (QED) is 0.493. The number of aromatic nitrogens is 3. The highest BCUT2D eigenvalue weighted by molar-refractivity contribution is 7.17. The van der Waals surface area contributed by atoms with E-state index in [1.54, 1.807) is 18.4 Å². The second-order valence-electron chi connectivity index (χ2n) is 6.38. The fraction of sp³-hybridized carbons (Fsp3) is 0.250. The summed E-state index contributed by atoms with van der Waals surface area (Å²) in [6.45, 7) is 2.86. The lowest BCUT2D eigenvalue weighted by atomic mass is 10.1. The minimum atomic E-state index is 0.373. The number of nitrogens with zero attached hydrogens (tertiary/aromatic N) is 4. The minimum absolute atomic E-state index is 0.373. The Bertz CT molecular complexity index is 1060. The van der Waals surface area contributed by atoms with Gasteiger partial charge in [0.15, 0.2) is 5.82 Å². The molecule has 0 aliphatic rings. The zero-order valence-electron chi connectivity index (χ0n) is 15.5. The van der Waals surface area contributed by atoms with Crippen LogP contribution in [0.1, 0.15) is 17.3 Å². The summed E-state index contributed by atoms with van der Waals surface area (Å²) in [6, 6.07) is 12.3. The summed E-state index contributed by atoms with van der Waals surface area (Å²) in [5, 5.41) is 7.30. The highest BCUT2D eigenvalue weighted by Gasteiger charge is 2.19. The lowest BCUT2D eigenvalue weighted by Gasteiger charge is -2.19. The Labute approximate surface area is 161 Å². The van der Waals surface area contributed by atoms with Gasteiger partial charge >= 0.3 is 0 Å². The average Bonchev–Trinajstić information content (AvgIpc) is 3.28. The normalized spacial score (nSPS) is 11.2. The first-order valence-corrected chi connectivity index (χ1v) is 9.49. The van der Waals surface area contributed by atoms with E-state index in [1.807, 2.05) is 38.2 Å². The Hall–Kier alpha value is -2.77. The molecular weight excluding hydrogens is 360 g/mol. The van der Waals surface area contributed by atoms with E-state index >= 15 is 0 Å². The summed E-state index contributed by atoms with van der Waals surface area (Å²) in [6.07, 6.45) is 0. The Morgan fingerprint density at radius 3 is 2.70 bits per heavy atom. The fourth-order valence-corrected chi connectivity index (χ4v) is 4.04. The third kappa shape index (κ3) is 3.56. The molecule has 0 saturated carbocycles. The van der Waals surface area contributed by atoms with Gasteiger partial charge in [0.05, 0.1) is 11.9 Å². The monoisotopic (exact) mass is 380 g/mol. The number of aryl methyl sites for hydroxylation is 1. The Balaban J connectivity index is 1.83.